The topological polar surface area (TPSA) is 53.2 Å². The lowest BCUT2D eigenvalue weighted by molar-refractivity contribution is -0.607. The highest BCUT2D eigenvalue weighted by atomic mass is 16.5. The van der Waals surface area contributed by atoms with Crippen LogP contribution in [0.3, 0.4) is 0 Å². The van der Waals surface area contributed by atoms with Crippen molar-refractivity contribution >= 4 is 12.0 Å². The number of carbonyl (C=O) groups excluding carboxylic acids is 1. The quantitative estimate of drug-likeness (QED) is 0.310. The average Bonchev–Trinajstić information content (AvgIpc) is 2.17. The maximum Gasteiger partial charge on any atom is 0.330 e. The van der Waals surface area contributed by atoms with Gasteiger partial charge in [0.2, 0.25) is 5.69 Å². The number of nitrogens with zero attached hydrogens (tertiary/aromatic N) is 1. The van der Waals surface area contributed by atoms with Crippen molar-refractivity contribution in [2.24, 2.45) is 0 Å². The third-order valence-corrected chi connectivity index (χ3v) is 1.53. The van der Waals surface area contributed by atoms with E-state index in [1.807, 2.05) is 0 Å². The molecule has 1 aromatic rings. The van der Waals surface area contributed by atoms with Crippen LogP contribution >= 0.6 is 0 Å². The summed E-state index contributed by atoms with van der Waals surface area (Å²) in [5.74, 6) is -0.448. The fourth-order valence-electron chi connectivity index (χ4n) is 0.914. The predicted molar refractivity (Wildman–Crippen MR) is 51.1 cm³/mol. The summed E-state index contributed by atoms with van der Waals surface area (Å²) in [6.45, 7) is 2.05. The van der Waals surface area contributed by atoms with Crippen molar-refractivity contribution in [2.45, 2.75) is 6.92 Å². The molecule has 1 aromatic heterocycles. The summed E-state index contributed by atoms with van der Waals surface area (Å²) in [5.41, 5.74) is 0.403. The number of rotatable bonds is 3. The Hall–Kier alpha value is -1.84. The van der Waals surface area contributed by atoms with Crippen molar-refractivity contribution in [2.75, 3.05) is 6.61 Å². The highest BCUT2D eigenvalue weighted by Crippen LogP contribution is 1.94. The SMILES string of the molecule is CCOC(=O)/C=C/c1cccc[n+]1[O-]. The van der Waals surface area contributed by atoms with Crippen LogP contribution in [0.2, 0.25) is 0 Å². The molecule has 0 spiro atoms. The minimum atomic E-state index is -0.448. The lowest BCUT2D eigenvalue weighted by Gasteiger charge is -1.98. The molecule has 1 heterocycles. The van der Waals surface area contributed by atoms with E-state index in [0.29, 0.717) is 17.0 Å². The van der Waals surface area contributed by atoms with Crippen molar-refractivity contribution in [1.29, 1.82) is 0 Å². The van der Waals surface area contributed by atoms with E-state index in [-0.39, 0.29) is 0 Å². The second-order valence-corrected chi connectivity index (χ2v) is 2.54. The van der Waals surface area contributed by atoms with Crippen LogP contribution in [-0.4, -0.2) is 12.6 Å². The Kier molecular flexibility index (Phi) is 3.67. The largest absolute Gasteiger partial charge is 0.618 e. The van der Waals surface area contributed by atoms with Gasteiger partial charge in [-0.05, 0) is 13.0 Å². The predicted octanol–water partition coefficient (Wildman–Crippen LogP) is 0.896. The lowest BCUT2D eigenvalue weighted by atomic mass is 10.3. The van der Waals surface area contributed by atoms with Gasteiger partial charge in [-0.1, -0.05) is 0 Å². The third-order valence-electron chi connectivity index (χ3n) is 1.53. The van der Waals surface area contributed by atoms with E-state index in [2.05, 4.69) is 4.74 Å². The summed E-state index contributed by atoms with van der Waals surface area (Å²) >= 11 is 0. The van der Waals surface area contributed by atoms with E-state index in [1.165, 1.54) is 18.3 Å². The first kappa shape index (κ1) is 10.2. The van der Waals surface area contributed by atoms with Gasteiger partial charge in [0.1, 0.15) is 0 Å². The van der Waals surface area contributed by atoms with Gasteiger partial charge in [0, 0.05) is 24.3 Å². The van der Waals surface area contributed by atoms with Gasteiger partial charge < -0.3 is 9.94 Å². The summed E-state index contributed by atoms with van der Waals surface area (Å²) in [5, 5.41) is 11.1. The Morgan fingerprint density at radius 3 is 3.07 bits per heavy atom. The van der Waals surface area contributed by atoms with Crippen LogP contribution in [0.4, 0.5) is 0 Å². The van der Waals surface area contributed by atoms with Crippen LogP contribution in [0.15, 0.2) is 30.5 Å². The van der Waals surface area contributed by atoms with E-state index in [4.69, 9.17) is 0 Å². The normalized spacial score (nSPS) is 10.4. The second-order valence-electron chi connectivity index (χ2n) is 2.54. The molecule has 0 fully saturated rings. The summed E-state index contributed by atoms with van der Waals surface area (Å²) in [6, 6.07) is 4.96. The van der Waals surface area contributed by atoms with Gasteiger partial charge >= 0.3 is 5.97 Å². The van der Waals surface area contributed by atoms with Gasteiger partial charge in [-0.3, -0.25) is 0 Å². The zero-order valence-electron chi connectivity index (χ0n) is 7.84. The molecule has 0 aromatic carbocycles. The molecule has 74 valence electrons. The van der Waals surface area contributed by atoms with Gasteiger partial charge in [0.05, 0.1) is 6.61 Å². The van der Waals surface area contributed by atoms with Gasteiger partial charge in [-0.25, -0.2) is 4.79 Å². The standard InChI is InChI=1S/C10H11NO3/c1-2-14-10(12)7-6-9-5-3-4-8-11(9)13/h3-8H,2H2,1H3/b7-6+. The first-order chi connectivity index (χ1) is 6.74. The molecular formula is C10H11NO3. The molecule has 0 saturated heterocycles. The number of hydrogen-bond acceptors (Lipinski definition) is 3. The van der Waals surface area contributed by atoms with Crippen molar-refractivity contribution in [3.8, 4) is 0 Å². The van der Waals surface area contributed by atoms with Crippen LogP contribution < -0.4 is 4.73 Å². The number of carbonyl (C=O) groups is 1. The fraction of sp³-hybridized carbons (Fsp3) is 0.200. The molecule has 0 aliphatic carbocycles. The first-order valence-corrected chi connectivity index (χ1v) is 4.27. The van der Waals surface area contributed by atoms with Crippen molar-refractivity contribution in [3.05, 3.63) is 41.4 Å². The van der Waals surface area contributed by atoms with Gasteiger partial charge in [-0.15, -0.1) is 0 Å². The summed E-state index contributed by atoms with van der Waals surface area (Å²) in [6.07, 6.45) is 4.02. The second kappa shape index (κ2) is 5.01. The Bertz CT molecular complexity index is 347. The molecule has 1 rings (SSSR count). The fourth-order valence-corrected chi connectivity index (χ4v) is 0.914. The molecule has 0 amide bonds. The van der Waals surface area contributed by atoms with Crippen molar-refractivity contribution in [3.63, 3.8) is 0 Å². The average molecular weight is 193 g/mol. The van der Waals surface area contributed by atoms with Gasteiger partial charge in [-0.2, -0.15) is 4.73 Å². The molecule has 14 heavy (non-hydrogen) atoms. The highest BCUT2D eigenvalue weighted by Gasteiger charge is 1.99. The van der Waals surface area contributed by atoms with Crippen LogP contribution in [0.1, 0.15) is 12.6 Å². The summed E-state index contributed by atoms with van der Waals surface area (Å²) in [4.78, 5) is 10.9. The number of hydrogen-bond donors (Lipinski definition) is 0. The van der Waals surface area contributed by atoms with Gasteiger partial charge in [0.25, 0.3) is 0 Å². The van der Waals surface area contributed by atoms with Crippen LogP contribution in [0.25, 0.3) is 6.08 Å². The molecule has 0 unspecified atom stereocenters. The molecule has 4 heteroatoms. The minimum absolute atomic E-state index is 0.329. The molecule has 0 bridgehead atoms. The van der Waals surface area contributed by atoms with E-state index in [0.717, 1.165) is 0 Å². The molecule has 0 radical (unpaired) electrons. The van der Waals surface area contributed by atoms with Crippen molar-refractivity contribution in [1.82, 2.24) is 0 Å². The first-order valence-electron chi connectivity index (χ1n) is 4.27. The number of aromatic nitrogens is 1. The highest BCUT2D eigenvalue weighted by molar-refractivity contribution is 5.86. The summed E-state index contributed by atoms with van der Waals surface area (Å²) < 4.78 is 5.34. The summed E-state index contributed by atoms with van der Waals surface area (Å²) in [7, 11) is 0. The number of esters is 1. The number of ether oxygens (including phenoxy) is 1. The molecule has 0 aliphatic rings. The van der Waals surface area contributed by atoms with Crippen LogP contribution in [0, 0.1) is 5.21 Å². The Morgan fingerprint density at radius 1 is 1.64 bits per heavy atom. The molecule has 0 saturated carbocycles. The van der Waals surface area contributed by atoms with E-state index in [1.54, 1.807) is 25.1 Å². The Balaban J connectivity index is 2.69. The molecule has 0 aliphatic heterocycles. The van der Waals surface area contributed by atoms with E-state index < -0.39 is 5.97 Å². The number of pyridine rings is 1. The van der Waals surface area contributed by atoms with Crippen LogP contribution in [-0.2, 0) is 9.53 Å². The van der Waals surface area contributed by atoms with E-state index in [9.17, 15) is 10.0 Å². The lowest BCUT2D eigenvalue weighted by Crippen LogP contribution is -2.28. The van der Waals surface area contributed by atoms with E-state index >= 15 is 0 Å². The maximum absolute atomic E-state index is 11.1. The molecule has 0 atom stereocenters. The monoisotopic (exact) mass is 193 g/mol. The third kappa shape index (κ3) is 2.90. The minimum Gasteiger partial charge on any atom is -0.618 e. The molecule has 0 N–H and O–H groups in total. The zero-order chi connectivity index (χ0) is 10.4. The maximum atomic E-state index is 11.1. The van der Waals surface area contributed by atoms with Crippen LogP contribution in [0.5, 0.6) is 0 Å². The van der Waals surface area contributed by atoms with Crippen molar-refractivity contribution < 1.29 is 14.3 Å². The Morgan fingerprint density at radius 2 is 2.43 bits per heavy atom. The van der Waals surface area contributed by atoms with Gasteiger partial charge in [0.15, 0.2) is 6.20 Å². The molecular weight excluding hydrogens is 182 g/mol. The zero-order valence-corrected chi connectivity index (χ0v) is 7.84. The Labute approximate surface area is 82.0 Å². The smallest absolute Gasteiger partial charge is 0.330 e. The molecule has 4 nitrogen and oxygen atoms in total.